The highest BCUT2D eigenvalue weighted by Gasteiger charge is 2.41. The third kappa shape index (κ3) is 3.57. The van der Waals surface area contributed by atoms with Crippen LogP contribution in [-0.2, 0) is 9.59 Å². The number of nitrogens with two attached hydrogens (primary N) is 1. The number of nitrogens with one attached hydrogen (secondary N) is 1. The van der Waals surface area contributed by atoms with Crippen molar-refractivity contribution in [3.8, 4) is 0 Å². The van der Waals surface area contributed by atoms with E-state index in [4.69, 9.17) is 5.73 Å². The fraction of sp³-hybridized carbons (Fsp3) is 0.600. The molecule has 3 N–H and O–H groups in total. The highest BCUT2D eigenvalue weighted by molar-refractivity contribution is 6.39. The van der Waals surface area contributed by atoms with E-state index in [-0.39, 0.29) is 23.3 Å². The van der Waals surface area contributed by atoms with E-state index in [1.165, 1.54) is 4.90 Å². The van der Waals surface area contributed by atoms with Gasteiger partial charge in [0.1, 0.15) is 5.69 Å². The predicted octanol–water partition coefficient (Wildman–Crippen LogP) is 2.09. The number of hydrogen-bond acceptors (Lipinski definition) is 4. The van der Waals surface area contributed by atoms with Gasteiger partial charge in [0.25, 0.3) is 0 Å². The number of carbonyl (C=O) groups excluding carboxylic acids is 2. The minimum atomic E-state index is -0.875. The van der Waals surface area contributed by atoms with Crippen LogP contribution >= 0.6 is 0 Å². The third-order valence-corrected chi connectivity index (χ3v) is 6.33. The van der Waals surface area contributed by atoms with Crippen LogP contribution in [0.3, 0.4) is 0 Å². The Kier molecular flexibility index (Phi) is 5.23. The Labute approximate surface area is 163 Å². The predicted molar refractivity (Wildman–Crippen MR) is 102 cm³/mol. The molecule has 0 radical (unpaired) electrons. The average Bonchev–Trinajstić information content (AvgIpc) is 3.31. The smallest absolute Gasteiger partial charge is 0.313 e. The molecule has 2 saturated heterocycles. The Morgan fingerprint density at radius 1 is 1.04 bits per heavy atom. The largest absolute Gasteiger partial charge is 0.367 e. The molecule has 1 aromatic carbocycles. The van der Waals surface area contributed by atoms with Crippen LogP contribution in [0.1, 0.15) is 32.1 Å². The molecule has 0 spiro atoms. The molecule has 4 rings (SSSR count). The summed E-state index contributed by atoms with van der Waals surface area (Å²) >= 11 is 0. The summed E-state index contributed by atoms with van der Waals surface area (Å²) in [6.45, 7) is 2.20. The van der Waals surface area contributed by atoms with Crippen molar-refractivity contribution in [3.05, 3.63) is 23.8 Å². The van der Waals surface area contributed by atoms with Crippen molar-refractivity contribution in [1.82, 2.24) is 4.90 Å². The molecule has 152 valence electrons. The molecule has 0 aromatic heterocycles. The summed E-state index contributed by atoms with van der Waals surface area (Å²) in [6.07, 6.45) is 4.79. The first-order valence-electron chi connectivity index (χ1n) is 10.0. The summed E-state index contributed by atoms with van der Waals surface area (Å²) in [5, 5.41) is 2.35. The lowest BCUT2D eigenvalue weighted by atomic mass is 9.78. The van der Waals surface area contributed by atoms with Crippen LogP contribution in [0.25, 0.3) is 0 Å². The van der Waals surface area contributed by atoms with Crippen molar-refractivity contribution in [1.29, 1.82) is 0 Å². The van der Waals surface area contributed by atoms with Crippen molar-refractivity contribution in [2.24, 2.45) is 17.6 Å². The van der Waals surface area contributed by atoms with Gasteiger partial charge in [-0.25, -0.2) is 8.78 Å². The molecule has 3 aliphatic rings. The summed E-state index contributed by atoms with van der Waals surface area (Å²) in [4.78, 5) is 28.1. The average molecular weight is 392 g/mol. The van der Waals surface area contributed by atoms with Gasteiger partial charge in [-0.05, 0) is 49.7 Å². The summed E-state index contributed by atoms with van der Waals surface area (Å²) in [5.74, 6) is -2.47. The van der Waals surface area contributed by atoms with Crippen LogP contribution in [0.2, 0.25) is 0 Å². The Balaban J connectivity index is 1.43. The van der Waals surface area contributed by atoms with E-state index in [9.17, 15) is 18.4 Å². The van der Waals surface area contributed by atoms with E-state index in [1.54, 1.807) is 4.90 Å². The van der Waals surface area contributed by atoms with Crippen molar-refractivity contribution in [2.75, 3.05) is 36.4 Å². The number of rotatable bonds is 2. The lowest BCUT2D eigenvalue weighted by molar-refractivity contribution is -0.142. The first-order chi connectivity index (χ1) is 13.4. The lowest BCUT2D eigenvalue weighted by Gasteiger charge is -2.29. The topological polar surface area (TPSA) is 78.7 Å². The van der Waals surface area contributed by atoms with Crippen molar-refractivity contribution >= 4 is 23.2 Å². The van der Waals surface area contributed by atoms with Gasteiger partial charge in [-0.15, -0.1) is 0 Å². The van der Waals surface area contributed by atoms with Crippen molar-refractivity contribution in [2.45, 2.75) is 38.1 Å². The van der Waals surface area contributed by atoms with E-state index in [1.807, 2.05) is 0 Å². The molecule has 2 heterocycles. The SMILES string of the molecule is NC1CCCC2CN(C(=O)C(=O)Nc3cc(F)c(N4CCCC4)c(F)c3)CC12. The number of carbonyl (C=O) groups is 2. The molecular weight excluding hydrogens is 366 g/mol. The molecule has 2 aliphatic heterocycles. The lowest BCUT2D eigenvalue weighted by Crippen LogP contribution is -2.40. The maximum absolute atomic E-state index is 14.4. The highest BCUT2D eigenvalue weighted by atomic mass is 19.1. The zero-order valence-corrected chi connectivity index (χ0v) is 15.8. The molecule has 6 nitrogen and oxygen atoms in total. The summed E-state index contributed by atoms with van der Waals surface area (Å²) in [6, 6.07) is 2.20. The number of nitrogens with zero attached hydrogens (tertiary/aromatic N) is 2. The minimum absolute atomic E-state index is 0.0513. The van der Waals surface area contributed by atoms with E-state index < -0.39 is 23.4 Å². The second kappa shape index (κ2) is 7.66. The maximum Gasteiger partial charge on any atom is 0.313 e. The first kappa shape index (κ1) is 19.1. The highest BCUT2D eigenvalue weighted by Crippen LogP contribution is 2.35. The second-order valence-electron chi connectivity index (χ2n) is 8.17. The zero-order chi connectivity index (χ0) is 19.8. The molecule has 0 bridgehead atoms. The number of hydrogen-bond donors (Lipinski definition) is 2. The van der Waals surface area contributed by atoms with E-state index in [0.29, 0.717) is 32.1 Å². The Morgan fingerprint density at radius 2 is 1.71 bits per heavy atom. The maximum atomic E-state index is 14.4. The third-order valence-electron chi connectivity index (χ3n) is 6.33. The second-order valence-corrected chi connectivity index (χ2v) is 8.17. The number of anilines is 2. The number of fused-ring (bicyclic) bond motifs is 1. The summed E-state index contributed by atoms with van der Waals surface area (Å²) in [7, 11) is 0. The molecule has 3 unspecified atom stereocenters. The molecule has 28 heavy (non-hydrogen) atoms. The van der Waals surface area contributed by atoms with Gasteiger partial charge in [-0.3, -0.25) is 9.59 Å². The molecular formula is C20H26F2N4O2. The van der Waals surface area contributed by atoms with Crippen LogP contribution in [0.4, 0.5) is 20.2 Å². The number of amides is 2. The van der Waals surface area contributed by atoms with Crippen molar-refractivity contribution in [3.63, 3.8) is 0 Å². The first-order valence-corrected chi connectivity index (χ1v) is 10.0. The van der Waals surface area contributed by atoms with E-state index in [2.05, 4.69) is 5.32 Å². The summed E-state index contributed by atoms with van der Waals surface area (Å²) < 4.78 is 28.8. The number of halogens is 2. The van der Waals surface area contributed by atoms with Gasteiger partial charge in [0, 0.05) is 37.9 Å². The Hall–Kier alpha value is -2.22. The molecule has 1 aliphatic carbocycles. The van der Waals surface area contributed by atoms with E-state index in [0.717, 1.165) is 44.2 Å². The van der Waals surface area contributed by atoms with Crippen LogP contribution < -0.4 is 16.0 Å². The molecule has 2 amide bonds. The van der Waals surface area contributed by atoms with Gasteiger partial charge in [0.2, 0.25) is 0 Å². The molecule has 3 fully saturated rings. The van der Waals surface area contributed by atoms with Gasteiger partial charge in [-0.2, -0.15) is 0 Å². The number of likely N-dealkylation sites (tertiary alicyclic amines) is 1. The fourth-order valence-electron chi connectivity index (χ4n) is 4.89. The van der Waals surface area contributed by atoms with Crippen LogP contribution in [0.5, 0.6) is 0 Å². The minimum Gasteiger partial charge on any atom is -0.367 e. The van der Waals surface area contributed by atoms with Crippen LogP contribution in [0, 0.1) is 23.5 Å². The monoisotopic (exact) mass is 392 g/mol. The van der Waals surface area contributed by atoms with E-state index >= 15 is 0 Å². The Morgan fingerprint density at radius 3 is 2.36 bits per heavy atom. The quantitative estimate of drug-likeness (QED) is 0.756. The van der Waals surface area contributed by atoms with Crippen LogP contribution in [0.15, 0.2) is 12.1 Å². The van der Waals surface area contributed by atoms with Gasteiger partial charge < -0.3 is 20.9 Å². The van der Waals surface area contributed by atoms with Gasteiger partial charge in [0.15, 0.2) is 11.6 Å². The fourth-order valence-corrected chi connectivity index (χ4v) is 4.89. The number of benzene rings is 1. The molecule has 1 saturated carbocycles. The molecule has 3 atom stereocenters. The zero-order valence-electron chi connectivity index (χ0n) is 15.8. The van der Waals surface area contributed by atoms with Crippen molar-refractivity contribution < 1.29 is 18.4 Å². The molecule has 8 heteroatoms. The standard InChI is InChI=1S/C20H26F2N4O2/c21-15-8-13(9-16(22)18(15)25-6-1-2-7-25)24-19(27)20(28)26-10-12-4-3-5-17(23)14(12)11-26/h8-9,12,14,17H,1-7,10-11,23H2,(H,24,27). The normalized spacial score (nSPS) is 27.0. The van der Waals surface area contributed by atoms with Gasteiger partial charge in [0.05, 0.1) is 0 Å². The van der Waals surface area contributed by atoms with Gasteiger partial charge in [-0.1, -0.05) is 6.42 Å². The van der Waals surface area contributed by atoms with Crippen LogP contribution in [-0.4, -0.2) is 48.9 Å². The van der Waals surface area contributed by atoms with Gasteiger partial charge >= 0.3 is 11.8 Å². The molecule has 1 aromatic rings. The summed E-state index contributed by atoms with van der Waals surface area (Å²) in [5.41, 5.74) is 6.03. The Bertz CT molecular complexity index is 758.